The molecule has 1 N–H and O–H groups in total. The quantitative estimate of drug-likeness (QED) is 0.721. The van der Waals surface area contributed by atoms with Crippen molar-refractivity contribution in [3.63, 3.8) is 0 Å². The lowest BCUT2D eigenvalue weighted by Gasteiger charge is -2.50. The number of hydrogen-bond donors (Lipinski definition) is 1. The van der Waals surface area contributed by atoms with Crippen molar-refractivity contribution < 1.29 is 4.74 Å². The van der Waals surface area contributed by atoms with Crippen LogP contribution in [0, 0.1) is 17.3 Å². The van der Waals surface area contributed by atoms with Crippen LogP contribution in [0.5, 0.6) is 0 Å². The first-order valence-corrected chi connectivity index (χ1v) is 6.28. The molecule has 3 rings (SSSR count). The Morgan fingerprint density at radius 2 is 2.13 bits per heavy atom. The highest BCUT2D eigenvalue weighted by atomic mass is 16.5. The first-order valence-electron chi connectivity index (χ1n) is 6.28. The minimum absolute atomic E-state index is 0.536. The largest absolute Gasteiger partial charge is 0.380 e. The molecule has 3 heterocycles. The van der Waals surface area contributed by atoms with Gasteiger partial charge < -0.3 is 15.0 Å². The van der Waals surface area contributed by atoms with Gasteiger partial charge in [0.05, 0.1) is 13.2 Å². The van der Waals surface area contributed by atoms with Crippen molar-refractivity contribution in [2.24, 2.45) is 17.3 Å². The highest BCUT2D eigenvalue weighted by Crippen LogP contribution is 2.48. The zero-order valence-electron chi connectivity index (χ0n) is 9.67. The van der Waals surface area contributed by atoms with E-state index in [1.165, 1.54) is 39.0 Å². The summed E-state index contributed by atoms with van der Waals surface area (Å²) in [6.07, 6.45) is 2.75. The van der Waals surface area contributed by atoms with Crippen LogP contribution in [0.15, 0.2) is 0 Å². The predicted octanol–water partition coefficient (Wildman–Crippen LogP) is 0.564. The molecule has 3 saturated heterocycles. The van der Waals surface area contributed by atoms with E-state index in [9.17, 15) is 0 Å². The van der Waals surface area contributed by atoms with E-state index in [0.717, 1.165) is 25.0 Å². The molecule has 3 aliphatic rings. The van der Waals surface area contributed by atoms with E-state index < -0.39 is 0 Å². The van der Waals surface area contributed by atoms with Crippen LogP contribution in [0.1, 0.15) is 12.8 Å². The smallest absolute Gasteiger partial charge is 0.0551 e. The fourth-order valence-electron chi connectivity index (χ4n) is 3.69. The molecule has 0 amide bonds. The molecule has 0 aliphatic carbocycles. The van der Waals surface area contributed by atoms with Gasteiger partial charge in [0, 0.05) is 12.0 Å². The van der Waals surface area contributed by atoms with E-state index in [2.05, 4.69) is 17.3 Å². The summed E-state index contributed by atoms with van der Waals surface area (Å²) in [4.78, 5) is 2.48. The molecule has 0 aromatic carbocycles. The van der Waals surface area contributed by atoms with E-state index in [0.29, 0.717) is 5.41 Å². The van der Waals surface area contributed by atoms with Crippen molar-refractivity contribution in [1.29, 1.82) is 0 Å². The molecule has 3 fully saturated rings. The monoisotopic (exact) mass is 210 g/mol. The van der Waals surface area contributed by atoms with Gasteiger partial charge in [-0.1, -0.05) is 0 Å². The van der Waals surface area contributed by atoms with Gasteiger partial charge in [0.15, 0.2) is 0 Å². The highest BCUT2D eigenvalue weighted by Gasteiger charge is 2.52. The summed E-state index contributed by atoms with van der Waals surface area (Å²) in [6.45, 7) is 7.07. The van der Waals surface area contributed by atoms with Crippen LogP contribution in [0.3, 0.4) is 0 Å². The van der Waals surface area contributed by atoms with Crippen LogP contribution in [0.25, 0.3) is 0 Å². The third-order valence-corrected chi connectivity index (χ3v) is 4.82. The Morgan fingerprint density at radius 3 is 2.60 bits per heavy atom. The van der Waals surface area contributed by atoms with E-state index in [1.54, 1.807) is 0 Å². The van der Waals surface area contributed by atoms with Gasteiger partial charge in [0.1, 0.15) is 0 Å². The van der Waals surface area contributed by atoms with Gasteiger partial charge in [-0.05, 0) is 51.4 Å². The second-order valence-corrected chi connectivity index (χ2v) is 5.66. The van der Waals surface area contributed by atoms with Gasteiger partial charge in [0.25, 0.3) is 0 Å². The first-order chi connectivity index (χ1) is 7.31. The maximum Gasteiger partial charge on any atom is 0.0551 e. The zero-order chi connectivity index (χ0) is 10.3. The number of likely N-dealkylation sites (tertiary alicyclic amines) is 1. The Kier molecular flexibility index (Phi) is 2.49. The molecular formula is C12H22N2O. The lowest BCUT2D eigenvalue weighted by Crippen LogP contribution is -2.54. The Hall–Kier alpha value is -0.120. The zero-order valence-corrected chi connectivity index (χ0v) is 9.67. The summed E-state index contributed by atoms with van der Waals surface area (Å²) in [5, 5.41) is 3.51. The predicted molar refractivity (Wildman–Crippen MR) is 59.8 cm³/mol. The second-order valence-electron chi connectivity index (χ2n) is 5.66. The van der Waals surface area contributed by atoms with Gasteiger partial charge in [0.2, 0.25) is 0 Å². The van der Waals surface area contributed by atoms with E-state index >= 15 is 0 Å². The van der Waals surface area contributed by atoms with E-state index in [-0.39, 0.29) is 0 Å². The van der Waals surface area contributed by atoms with Crippen molar-refractivity contribution in [1.82, 2.24) is 10.2 Å². The third kappa shape index (κ3) is 1.52. The maximum absolute atomic E-state index is 5.55. The number of nitrogens with one attached hydrogen (secondary N) is 1. The van der Waals surface area contributed by atoms with Gasteiger partial charge in [-0.2, -0.15) is 0 Å². The topological polar surface area (TPSA) is 24.5 Å². The highest BCUT2D eigenvalue weighted by molar-refractivity contribution is 5.02. The third-order valence-electron chi connectivity index (χ3n) is 4.82. The second kappa shape index (κ2) is 3.72. The lowest BCUT2D eigenvalue weighted by atomic mass is 9.64. The number of hydrogen-bond acceptors (Lipinski definition) is 3. The fourth-order valence-corrected chi connectivity index (χ4v) is 3.69. The van der Waals surface area contributed by atoms with Crippen molar-refractivity contribution in [3.8, 4) is 0 Å². The summed E-state index contributed by atoms with van der Waals surface area (Å²) >= 11 is 0. The molecule has 0 spiro atoms. The van der Waals surface area contributed by atoms with E-state index in [4.69, 9.17) is 4.74 Å². The molecule has 86 valence electrons. The van der Waals surface area contributed by atoms with Crippen LogP contribution in [0.2, 0.25) is 0 Å². The molecule has 3 aliphatic heterocycles. The normalized spacial score (nSPS) is 40.6. The molecule has 3 nitrogen and oxygen atoms in total. The number of nitrogens with zero attached hydrogens (tertiary/aromatic N) is 1. The Labute approximate surface area is 92.2 Å². The van der Waals surface area contributed by atoms with Crippen LogP contribution < -0.4 is 5.32 Å². The SMILES string of the molecule is CN1CCC(C2(C3CCNC3)COC2)C1. The van der Waals surface area contributed by atoms with Gasteiger partial charge in [-0.15, -0.1) is 0 Å². The minimum atomic E-state index is 0.536. The van der Waals surface area contributed by atoms with Gasteiger partial charge in [-0.25, -0.2) is 0 Å². The molecular weight excluding hydrogens is 188 g/mol. The summed E-state index contributed by atoms with van der Waals surface area (Å²) in [7, 11) is 2.25. The Bertz CT molecular complexity index is 234. The molecule has 0 saturated carbocycles. The fraction of sp³-hybridized carbons (Fsp3) is 1.00. The number of ether oxygens (including phenoxy) is 1. The first kappa shape index (κ1) is 10.1. The van der Waals surface area contributed by atoms with Crippen LogP contribution in [0.4, 0.5) is 0 Å². The summed E-state index contributed by atoms with van der Waals surface area (Å²) < 4.78 is 5.55. The Balaban J connectivity index is 1.74. The van der Waals surface area contributed by atoms with Crippen LogP contribution >= 0.6 is 0 Å². The van der Waals surface area contributed by atoms with Crippen molar-refractivity contribution in [3.05, 3.63) is 0 Å². The van der Waals surface area contributed by atoms with Gasteiger partial charge >= 0.3 is 0 Å². The average Bonchev–Trinajstić information content (AvgIpc) is 2.75. The summed E-state index contributed by atoms with van der Waals surface area (Å²) in [5.74, 6) is 1.77. The summed E-state index contributed by atoms with van der Waals surface area (Å²) in [5.41, 5.74) is 0.536. The Morgan fingerprint density at radius 1 is 1.27 bits per heavy atom. The molecule has 0 aromatic heterocycles. The van der Waals surface area contributed by atoms with E-state index in [1.807, 2.05) is 0 Å². The molecule has 0 radical (unpaired) electrons. The molecule has 2 unspecified atom stereocenters. The maximum atomic E-state index is 5.55. The van der Waals surface area contributed by atoms with Crippen molar-refractivity contribution in [2.45, 2.75) is 12.8 Å². The van der Waals surface area contributed by atoms with Crippen LogP contribution in [-0.2, 0) is 4.74 Å². The molecule has 2 atom stereocenters. The molecule has 3 heteroatoms. The average molecular weight is 210 g/mol. The number of rotatable bonds is 2. The molecule has 0 aromatic rings. The van der Waals surface area contributed by atoms with Crippen LogP contribution in [-0.4, -0.2) is 51.3 Å². The molecule has 15 heavy (non-hydrogen) atoms. The van der Waals surface area contributed by atoms with Crippen molar-refractivity contribution >= 4 is 0 Å². The lowest BCUT2D eigenvalue weighted by molar-refractivity contribution is -0.172. The minimum Gasteiger partial charge on any atom is -0.380 e. The summed E-state index contributed by atoms with van der Waals surface area (Å²) in [6, 6.07) is 0. The van der Waals surface area contributed by atoms with Crippen molar-refractivity contribution in [2.75, 3.05) is 46.4 Å². The molecule has 0 bridgehead atoms. The standard InChI is InChI=1S/C12H22N2O/c1-14-5-3-11(7-14)12(8-15-9-12)10-2-4-13-6-10/h10-11,13H,2-9H2,1H3. The van der Waals surface area contributed by atoms with Gasteiger partial charge in [-0.3, -0.25) is 0 Å².